The van der Waals surface area contributed by atoms with Crippen molar-refractivity contribution in [3.05, 3.63) is 58.9 Å². The second kappa shape index (κ2) is 5.34. The van der Waals surface area contributed by atoms with Crippen LogP contribution in [0.4, 0.5) is 0 Å². The summed E-state index contributed by atoms with van der Waals surface area (Å²) in [5.41, 5.74) is 3.23. The van der Waals surface area contributed by atoms with E-state index in [0.717, 1.165) is 17.0 Å². The van der Waals surface area contributed by atoms with E-state index in [1.54, 1.807) is 18.6 Å². The fraction of sp³-hybridized carbons (Fsp3) is 0.143. The first kappa shape index (κ1) is 12.7. The van der Waals surface area contributed by atoms with E-state index in [-0.39, 0.29) is 0 Å². The number of nitrogens with zero attached hydrogens (tertiary/aromatic N) is 4. The first-order valence-corrected chi connectivity index (χ1v) is 6.61. The van der Waals surface area contributed by atoms with E-state index < -0.39 is 0 Å². The van der Waals surface area contributed by atoms with Gasteiger partial charge in [-0.1, -0.05) is 0 Å². The molecular weight excluding hydrogens is 270 g/mol. The Hall–Kier alpha value is -2.34. The number of H-pyrrole nitrogens is 1. The Morgan fingerprint density at radius 2 is 2.05 bits per heavy atom. The maximum Gasteiger partial charge on any atom is 0.195 e. The molecule has 6 heteroatoms. The van der Waals surface area contributed by atoms with E-state index >= 15 is 0 Å². The maximum absolute atomic E-state index is 5.32. The molecule has 0 bridgehead atoms. The van der Waals surface area contributed by atoms with Gasteiger partial charge < -0.3 is 0 Å². The van der Waals surface area contributed by atoms with E-state index in [2.05, 4.69) is 27.1 Å². The molecule has 100 valence electrons. The molecule has 20 heavy (non-hydrogen) atoms. The Morgan fingerprint density at radius 1 is 1.20 bits per heavy atom. The van der Waals surface area contributed by atoms with Crippen molar-refractivity contribution in [3.8, 4) is 11.4 Å². The molecule has 0 aliphatic heterocycles. The topological polar surface area (TPSA) is 59.4 Å². The molecule has 3 aromatic rings. The zero-order valence-corrected chi connectivity index (χ0v) is 11.8. The molecule has 0 saturated heterocycles. The highest BCUT2D eigenvalue weighted by atomic mass is 32.1. The van der Waals surface area contributed by atoms with Crippen LogP contribution in [0.3, 0.4) is 0 Å². The fourth-order valence-corrected chi connectivity index (χ4v) is 2.21. The molecular formula is C14H13N5S. The van der Waals surface area contributed by atoms with Crippen molar-refractivity contribution in [1.82, 2.24) is 24.7 Å². The number of hydrogen-bond acceptors (Lipinski definition) is 4. The van der Waals surface area contributed by atoms with Gasteiger partial charge in [0, 0.05) is 30.4 Å². The Labute approximate surface area is 121 Å². The minimum Gasteiger partial charge on any atom is -0.296 e. The van der Waals surface area contributed by atoms with Gasteiger partial charge in [-0.25, -0.2) is 0 Å². The highest BCUT2D eigenvalue weighted by molar-refractivity contribution is 7.71. The number of aromatic amines is 1. The van der Waals surface area contributed by atoms with Gasteiger partial charge in [-0.3, -0.25) is 19.6 Å². The van der Waals surface area contributed by atoms with Crippen LogP contribution >= 0.6 is 12.2 Å². The molecule has 0 atom stereocenters. The lowest BCUT2D eigenvalue weighted by Gasteiger charge is -2.08. The predicted octanol–water partition coefficient (Wildman–Crippen LogP) is 2.75. The van der Waals surface area contributed by atoms with Crippen LogP contribution < -0.4 is 0 Å². The van der Waals surface area contributed by atoms with Gasteiger partial charge >= 0.3 is 0 Å². The largest absolute Gasteiger partial charge is 0.296 e. The number of aromatic nitrogens is 5. The molecule has 0 aliphatic rings. The summed E-state index contributed by atoms with van der Waals surface area (Å²) >= 11 is 5.32. The third-order valence-electron chi connectivity index (χ3n) is 3.15. The van der Waals surface area contributed by atoms with Crippen molar-refractivity contribution in [2.24, 2.45) is 0 Å². The molecule has 0 saturated carbocycles. The summed E-state index contributed by atoms with van der Waals surface area (Å²) in [4.78, 5) is 8.29. The number of aryl methyl sites for hydroxylation is 1. The highest BCUT2D eigenvalue weighted by Gasteiger charge is 2.10. The monoisotopic (exact) mass is 283 g/mol. The zero-order chi connectivity index (χ0) is 13.9. The van der Waals surface area contributed by atoms with Gasteiger partial charge in [-0.05, 0) is 48.5 Å². The molecule has 3 heterocycles. The summed E-state index contributed by atoms with van der Waals surface area (Å²) in [5.74, 6) is 0.784. The van der Waals surface area contributed by atoms with Gasteiger partial charge in [-0.2, -0.15) is 5.10 Å². The Bertz CT molecular complexity index is 776. The lowest BCUT2D eigenvalue weighted by Crippen LogP contribution is -2.04. The van der Waals surface area contributed by atoms with Crippen molar-refractivity contribution >= 4 is 12.2 Å². The van der Waals surface area contributed by atoms with Crippen LogP contribution in [0.5, 0.6) is 0 Å². The van der Waals surface area contributed by atoms with Crippen LogP contribution in [0.1, 0.15) is 11.1 Å². The van der Waals surface area contributed by atoms with Crippen LogP contribution in [0.2, 0.25) is 0 Å². The third kappa shape index (κ3) is 2.37. The maximum atomic E-state index is 5.32. The molecule has 0 aliphatic carbocycles. The lowest BCUT2D eigenvalue weighted by molar-refractivity contribution is 0.781. The Kier molecular flexibility index (Phi) is 3.39. The molecule has 0 spiro atoms. The lowest BCUT2D eigenvalue weighted by atomic mass is 10.1. The molecule has 0 unspecified atom stereocenters. The standard InChI is InChI=1S/C14H13N5S/c1-10-4-6-16-8-12(10)9-19-13(17-18-14(19)20)11-3-2-5-15-7-11/h2-8H,9H2,1H3,(H,18,20). The molecule has 1 N–H and O–H groups in total. The Balaban J connectivity index is 2.05. The molecule has 3 rings (SSSR count). The van der Waals surface area contributed by atoms with Gasteiger partial charge in [0.15, 0.2) is 10.6 Å². The molecule has 0 radical (unpaired) electrons. The van der Waals surface area contributed by atoms with Crippen LogP contribution in [0, 0.1) is 11.7 Å². The average Bonchev–Trinajstić information content (AvgIpc) is 2.84. The van der Waals surface area contributed by atoms with E-state index in [1.807, 2.05) is 29.0 Å². The van der Waals surface area contributed by atoms with E-state index in [9.17, 15) is 0 Å². The SMILES string of the molecule is Cc1ccncc1Cn1c(-c2cccnc2)n[nH]c1=S. The molecule has 5 nitrogen and oxygen atoms in total. The first-order valence-electron chi connectivity index (χ1n) is 6.21. The summed E-state index contributed by atoms with van der Waals surface area (Å²) in [7, 11) is 0. The van der Waals surface area contributed by atoms with Crippen LogP contribution in [0.15, 0.2) is 43.0 Å². The predicted molar refractivity (Wildman–Crippen MR) is 78.7 cm³/mol. The second-order valence-corrected chi connectivity index (χ2v) is 4.87. The third-order valence-corrected chi connectivity index (χ3v) is 3.47. The number of nitrogens with one attached hydrogen (secondary N) is 1. The summed E-state index contributed by atoms with van der Waals surface area (Å²) in [6.45, 7) is 2.70. The first-order chi connectivity index (χ1) is 9.75. The van der Waals surface area contributed by atoms with E-state index in [0.29, 0.717) is 11.3 Å². The summed E-state index contributed by atoms with van der Waals surface area (Å²) in [6.07, 6.45) is 7.16. The normalized spacial score (nSPS) is 10.7. The van der Waals surface area contributed by atoms with Gasteiger partial charge in [0.05, 0.1) is 6.54 Å². The zero-order valence-electron chi connectivity index (χ0n) is 10.9. The van der Waals surface area contributed by atoms with Crippen molar-refractivity contribution in [2.45, 2.75) is 13.5 Å². The number of rotatable bonds is 3. The molecule has 0 fully saturated rings. The van der Waals surface area contributed by atoms with Gasteiger partial charge in [0.1, 0.15) is 0 Å². The van der Waals surface area contributed by atoms with Crippen molar-refractivity contribution in [2.75, 3.05) is 0 Å². The summed E-state index contributed by atoms with van der Waals surface area (Å²) < 4.78 is 2.54. The van der Waals surface area contributed by atoms with Crippen LogP contribution in [-0.4, -0.2) is 24.7 Å². The van der Waals surface area contributed by atoms with E-state index in [4.69, 9.17) is 12.2 Å². The quantitative estimate of drug-likeness (QED) is 0.751. The van der Waals surface area contributed by atoms with Crippen LogP contribution in [0.25, 0.3) is 11.4 Å². The summed E-state index contributed by atoms with van der Waals surface area (Å²) in [5, 5.41) is 7.14. The fourth-order valence-electron chi connectivity index (χ4n) is 2.01. The van der Waals surface area contributed by atoms with Gasteiger partial charge in [0.25, 0.3) is 0 Å². The smallest absolute Gasteiger partial charge is 0.195 e. The molecule has 0 aromatic carbocycles. The minimum atomic E-state index is 0.590. The second-order valence-electron chi connectivity index (χ2n) is 4.48. The van der Waals surface area contributed by atoms with Crippen molar-refractivity contribution in [3.63, 3.8) is 0 Å². The number of pyridine rings is 2. The molecule has 0 amide bonds. The molecule has 3 aromatic heterocycles. The highest BCUT2D eigenvalue weighted by Crippen LogP contribution is 2.18. The number of hydrogen-bond donors (Lipinski definition) is 1. The van der Waals surface area contributed by atoms with Crippen molar-refractivity contribution in [1.29, 1.82) is 0 Å². The van der Waals surface area contributed by atoms with Gasteiger partial charge in [-0.15, -0.1) is 0 Å². The summed E-state index contributed by atoms with van der Waals surface area (Å²) in [6, 6.07) is 5.83. The van der Waals surface area contributed by atoms with Gasteiger partial charge in [0.2, 0.25) is 0 Å². The van der Waals surface area contributed by atoms with E-state index in [1.165, 1.54) is 5.56 Å². The van der Waals surface area contributed by atoms with Crippen LogP contribution in [-0.2, 0) is 6.54 Å². The Morgan fingerprint density at radius 3 is 2.80 bits per heavy atom. The van der Waals surface area contributed by atoms with Crippen molar-refractivity contribution < 1.29 is 0 Å². The minimum absolute atomic E-state index is 0.590. The average molecular weight is 283 g/mol.